The summed E-state index contributed by atoms with van der Waals surface area (Å²) >= 11 is 0. The Balaban J connectivity index is 3.11. The molecule has 0 spiro atoms. The summed E-state index contributed by atoms with van der Waals surface area (Å²) in [7, 11) is 3.35. The molecule has 1 N–H and O–H groups in total. The molecule has 0 saturated carbocycles. The second-order valence-electron chi connectivity index (χ2n) is 5.28. The first-order valence-electron chi connectivity index (χ1n) is 6.97. The fraction of sp³-hybridized carbons (Fsp3) is 0.471. The van der Waals surface area contributed by atoms with E-state index < -0.39 is 0 Å². The minimum Gasteiger partial charge on any atom is -0.495 e. The van der Waals surface area contributed by atoms with Crippen LogP contribution in [0.15, 0.2) is 18.2 Å². The Hall–Kier alpha value is -1.99. The summed E-state index contributed by atoms with van der Waals surface area (Å²) in [6.07, 6.45) is 0. The van der Waals surface area contributed by atoms with Crippen molar-refractivity contribution in [1.29, 1.82) is 0 Å². The van der Waals surface area contributed by atoms with Crippen LogP contribution >= 0.6 is 0 Å². The molecule has 1 amide bonds. The highest BCUT2D eigenvalue weighted by molar-refractivity contribution is 5.95. The highest BCUT2D eigenvalue weighted by Gasteiger charge is 2.20. The molecular weight excluding hydrogens is 266 g/mol. The predicted molar refractivity (Wildman–Crippen MR) is 83.4 cm³/mol. The van der Waals surface area contributed by atoms with Crippen LogP contribution in [0.4, 0.5) is 0 Å². The lowest BCUT2D eigenvalue weighted by Gasteiger charge is -2.28. The zero-order chi connectivity index (χ0) is 16.0. The van der Waals surface area contributed by atoms with E-state index in [4.69, 9.17) is 9.84 Å². The SMILES string of the molecule is COc1ccc(C(=O)N(C)C(C)C(C)C)cc1C#CCO. The Morgan fingerprint density at radius 3 is 2.57 bits per heavy atom. The number of aliphatic hydroxyl groups excluding tert-OH is 1. The fourth-order valence-electron chi connectivity index (χ4n) is 1.91. The normalized spacial score (nSPS) is 11.6. The first-order chi connectivity index (χ1) is 9.92. The summed E-state index contributed by atoms with van der Waals surface area (Å²) in [4.78, 5) is 14.2. The Bertz CT molecular complexity index is 555. The van der Waals surface area contributed by atoms with Crippen LogP contribution in [0.1, 0.15) is 36.7 Å². The molecule has 0 saturated heterocycles. The van der Waals surface area contributed by atoms with E-state index in [2.05, 4.69) is 25.7 Å². The van der Waals surface area contributed by atoms with E-state index in [9.17, 15) is 4.79 Å². The molecule has 0 radical (unpaired) electrons. The lowest BCUT2D eigenvalue weighted by atomic mass is 10.0. The van der Waals surface area contributed by atoms with E-state index in [1.807, 2.05) is 6.92 Å². The Morgan fingerprint density at radius 2 is 2.05 bits per heavy atom. The van der Waals surface area contributed by atoms with Crippen LogP contribution < -0.4 is 4.74 Å². The third kappa shape index (κ3) is 4.24. The van der Waals surface area contributed by atoms with Gasteiger partial charge in [-0.2, -0.15) is 0 Å². The number of hydrogen-bond acceptors (Lipinski definition) is 3. The van der Waals surface area contributed by atoms with Crippen molar-refractivity contribution in [3.63, 3.8) is 0 Å². The number of nitrogens with zero attached hydrogens (tertiary/aromatic N) is 1. The van der Waals surface area contributed by atoms with Gasteiger partial charge in [-0.3, -0.25) is 4.79 Å². The summed E-state index contributed by atoms with van der Waals surface area (Å²) in [5.74, 6) is 6.30. The van der Waals surface area contributed by atoms with E-state index in [1.165, 1.54) is 0 Å². The van der Waals surface area contributed by atoms with Gasteiger partial charge in [-0.25, -0.2) is 0 Å². The van der Waals surface area contributed by atoms with Crippen molar-refractivity contribution in [3.8, 4) is 17.6 Å². The molecule has 0 aliphatic heterocycles. The average molecular weight is 289 g/mol. The molecule has 1 rings (SSSR count). The Morgan fingerprint density at radius 1 is 1.38 bits per heavy atom. The van der Waals surface area contributed by atoms with Gasteiger partial charge in [0, 0.05) is 18.7 Å². The highest BCUT2D eigenvalue weighted by atomic mass is 16.5. The van der Waals surface area contributed by atoms with Crippen LogP contribution in [0.3, 0.4) is 0 Å². The van der Waals surface area contributed by atoms with E-state index in [0.717, 1.165) is 0 Å². The molecule has 114 valence electrons. The predicted octanol–water partition coefficient (Wildman–Crippen LogP) is 2.16. The minimum atomic E-state index is -0.231. The van der Waals surface area contributed by atoms with Crippen LogP contribution in [-0.2, 0) is 0 Å². The summed E-state index contributed by atoms with van der Waals surface area (Å²) < 4.78 is 5.21. The molecule has 1 unspecified atom stereocenters. The van der Waals surface area contributed by atoms with Crippen LogP contribution in [0.25, 0.3) is 0 Å². The number of carbonyl (C=O) groups excluding carboxylic acids is 1. The number of amides is 1. The van der Waals surface area contributed by atoms with Gasteiger partial charge in [0.25, 0.3) is 5.91 Å². The molecule has 0 aliphatic rings. The maximum Gasteiger partial charge on any atom is 0.253 e. The number of methoxy groups -OCH3 is 1. The summed E-state index contributed by atoms with van der Waals surface area (Å²) in [6, 6.07) is 5.30. The highest BCUT2D eigenvalue weighted by Crippen LogP contribution is 2.21. The third-order valence-electron chi connectivity index (χ3n) is 3.64. The Labute approximate surface area is 126 Å². The zero-order valence-electron chi connectivity index (χ0n) is 13.3. The Kier molecular flexibility index (Phi) is 6.26. The zero-order valence-corrected chi connectivity index (χ0v) is 13.3. The van der Waals surface area contributed by atoms with Gasteiger partial charge in [0.05, 0.1) is 12.7 Å². The molecule has 1 aromatic rings. The summed E-state index contributed by atoms with van der Waals surface area (Å²) in [5.41, 5.74) is 1.16. The molecule has 0 bridgehead atoms. The fourth-order valence-corrected chi connectivity index (χ4v) is 1.91. The van der Waals surface area contributed by atoms with Crippen molar-refractivity contribution in [3.05, 3.63) is 29.3 Å². The maximum atomic E-state index is 12.5. The van der Waals surface area contributed by atoms with Crippen LogP contribution in [0.5, 0.6) is 5.75 Å². The van der Waals surface area contributed by atoms with Gasteiger partial charge in [-0.1, -0.05) is 25.7 Å². The molecule has 1 atom stereocenters. The van der Waals surface area contributed by atoms with E-state index in [-0.39, 0.29) is 18.6 Å². The second kappa shape index (κ2) is 7.70. The van der Waals surface area contributed by atoms with Gasteiger partial charge in [0.2, 0.25) is 0 Å². The van der Waals surface area contributed by atoms with Gasteiger partial charge < -0.3 is 14.7 Å². The molecule has 1 aromatic carbocycles. The molecule has 0 fully saturated rings. The first kappa shape index (κ1) is 17.1. The average Bonchev–Trinajstić information content (AvgIpc) is 2.50. The van der Waals surface area contributed by atoms with Crippen molar-refractivity contribution >= 4 is 5.91 Å². The summed E-state index contributed by atoms with van der Waals surface area (Å²) in [5, 5.41) is 8.80. The van der Waals surface area contributed by atoms with Gasteiger partial charge in [-0.15, -0.1) is 0 Å². The lowest BCUT2D eigenvalue weighted by Crippen LogP contribution is -2.38. The molecule has 0 aliphatic carbocycles. The topological polar surface area (TPSA) is 49.8 Å². The molecule has 4 nitrogen and oxygen atoms in total. The molecule has 0 heterocycles. The van der Waals surface area contributed by atoms with Crippen molar-refractivity contribution in [2.24, 2.45) is 5.92 Å². The monoisotopic (exact) mass is 289 g/mol. The van der Waals surface area contributed by atoms with E-state index in [1.54, 1.807) is 37.3 Å². The van der Waals surface area contributed by atoms with Crippen molar-refractivity contribution in [1.82, 2.24) is 4.90 Å². The van der Waals surface area contributed by atoms with Crippen molar-refractivity contribution in [2.75, 3.05) is 20.8 Å². The molecular formula is C17H23NO3. The van der Waals surface area contributed by atoms with Crippen molar-refractivity contribution < 1.29 is 14.6 Å². The third-order valence-corrected chi connectivity index (χ3v) is 3.64. The van der Waals surface area contributed by atoms with Crippen LogP contribution in [-0.4, -0.2) is 42.7 Å². The minimum absolute atomic E-state index is 0.0501. The number of hydrogen-bond donors (Lipinski definition) is 1. The van der Waals surface area contributed by atoms with Crippen LogP contribution in [0.2, 0.25) is 0 Å². The lowest BCUT2D eigenvalue weighted by molar-refractivity contribution is 0.0707. The number of carbonyl (C=O) groups is 1. The largest absolute Gasteiger partial charge is 0.495 e. The summed E-state index contributed by atoms with van der Waals surface area (Å²) in [6.45, 7) is 5.96. The second-order valence-corrected chi connectivity index (χ2v) is 5.28. The smallest absolute Gasteiger partial charge is 0.253 e. The maximum absolute atomic E-state index is 12.5. The van der Waals surface area contributed by atoms with E-state index in [0.29, 0.717) is 22.8 Å². The van der Waals surface area contributed by atoms with Crippen molar-refractivity contribution in [2.45, 2.75) is 26.8 Å². The van der Waals surface area contributed by atoms with Gasteiger partial charge in [0.1, 0.15) is 12.4 Å². The molecule has 0 aromatic heterocycles. The van der Waals surface area contributed by atoms with Crippen LogP contribution in [0, 0.1) is 17.8 Å². The van der Waals surface area contributed by atoms with Gasteiger partial charge in [0.15, 0.2) is 0 Å². The van der Waals surface area contributed by atoms with Gasteiger partial charge in [-0.05, 0) is 31.0 Å². The first-order valence-corrected chi connectivity index (χ1v) is 6.97. The standard InChI is InChI=1S/C17H23NO3/c1-12(2)13(3)18(4)17(20)15-8-9-16(21-5)14(11-15)7-6-10-19/h8-9,11-13,19H,10H2,1-5H3. The number of rotatable bonds is 4. The molecule has 21 heavy (non-hydrogen) atoms. The molecule has 4 heteroatoms. The number of aliphatic hydroxyl groups is 1. The van der Waals surface area contributed by atoms with E-state index >= 15 is 0 Å². The number of benzene rings is 1. The number of ether oxygens (including phenoxy) is 1. The quantitative estimate of drug-likeness (QED) is 0.864. The van der Waals surface area contributed by atoms with Gasteiger partial charge >= 0.3 is 0 Å².